The lowest BCUT2D eigenvalue weighted by Crippen LogP contribution is -2.29. The Labute approximate surface area is 122 Å². The van der Waals surface area contributed by atoms with E-state index in [1.165, 1.54) is 0 Å². The molecule has 108 valence electrons. The van der Waals surface area contributed by atoms with Crippen molar-refractivity contribution in [2.45, 2.75) is 6.04 Å². The number of hydrogen-bond acceptors (Lipinski definition) is 6. The number of nitrogens with two attached hydrogens (primary N) is 2. The molecular formula is C15H17N5O. The lowest BCUT2D eigenvalue weighted by Gasteiger charge is -2.22. The third-order valence-electron chi connectivity index (χ3n) is 4.58. The van der Waals surface area contributed by atoms with Crippen molar-refractivity contribution in [1.82, 2.24) is 10.2 Å². The Morgan fingerprint density at radius 3 is 2.57 bits per heavy atom. The monoisotopic (exact) mass is 283 g/mol. The third kappa shape index (κ3) is 1.91. The minimum Gasteiger partial charge on any atom is -0.507 e. The number of fused-ring (bicyclic) bond motifs is 1. The average molecular weight is 283 g/mol. The SMILES string of the molecule is Nc1nnc(-c2ccccc2O)cc1N1C[C@@H]2C(N)[C@@H]2C1. The topological polar surface area (TPSA) is 101 Å². The van der Waals surface area contributed by atoms with Gasteiger partial charge in [0.05, 0.1) is 11.4 Å². The van der Waals surface area contributed by atoms with Crippen LogP contribution in [0.15, 0.2) is 30.3 Å². The van der Waals surface area contributed by atoms with E-state index in [1.54, 1.807) is 12.1 Å². The molecule has 2 aromatic rings. The summed E-state index contributed by atoms with van der Waals surface area (Å²) >= 11 is 0. The number of para-hydroxylation sites is 1. The average Bonchev–Trinajstić information content (AvgIpc) is 2.90. The van der Waals surface area contributed by atoms with Gasteiger partial charge in [-0.05, 0) is 30.0 Å². The van der Waals surface area contributed by atoms with Crippen molar-refractivity contribution in [3.05, 3.63) is 30.3 Å². The predicted octanol–water partition coefficient (Wildman–Crippen LogP) is 0.825. The Hall–Kier alpha value is -2.34. The first-order chi connectivity index (χ1) is 10.1. The molecule has 1 unspecified atom stereocenters. The van der Waals surface area contributed by atoms with Gasteiger partial charge in [-0.25, -0.2) is 0 Å². The van der Waals surface area contributed by atoms with Gasteiger partial charge in [0, 0.05) is 24.7 Å². The highest BCUT2D eigenvalue weighted by Crippen LogP contribution is 2.46. The van der Waals surface area contributed by atoms with E-state index in [-0.39, 0.29) is 5.75 Å². The van der Waals surface area contributed by atoms with Gasteiger partial charge in [0.25, 0.3) is 0 Å². The molecule has 0 radical (unpaired) electrons. The number of anilines is 2. The lowest BCUT2D eigenvalue weighted by molar-refractivity contribution is 0.477. The highest BCUT2D eigenvalue weighted by molar-refractivity contribution is 5.74. The van der Waals surface area contributed by atoms with Crippen molar-refractivity contribution in [3.63, 3.8) is 0 Å². The normalized spacial score (nSPS) is 26.7. The Bertz CT molecular complexity index is 692. The number of phenolic OH excluding ortho intramolecular Hbond substituents is 1. The number of piperidine rings is 1. The quantitative estimate of drug-likeness (QED) is 0.754. The van der Waals surface area contributed by atoms with Crippen molar-refractivity contribution in [2.24, 2.45) is 17.6 Å². The van der Waals surface area contributed by atoms with Crippen LogP contribution >= 0.6 is 0 Å². The molecule has 1 aromatic heterocycles. The first-order valence-electron chi connectivity index (χ1n) is 7.07. The van der Waals surface area contributed by atoms with Crippen molar-refractivity contribution in [1.29, 1.82) is 0 Å². The van der Waals surface area contributed by atoms with Gasteiger partial charge in [0.1, 0.15) is 5.75 Å². The number of aromatic hydroxyl groups is 1. The molecule has 1 saturated carbocycles. The van der Waals surface area contributed by atoms with Crippen molar-refractivity contribution < 1.29 is 5.11 Å². The number of rotatable bonds is 2. The second-order valence-corrected chi connectivity index (χ2v) is 5.83. The largest absolute Gasteiger partial charge is 0.507 e. The zero-order valence-corrected chi connectivity index (χ0v) is 11.5. The zero-order valence-electron chi connectivity index (χ0n) is 11.5. The Balaban J connectivity index is 1.69. The number of benzene rings is 1. The molecular weight excluding hydrogens is 266 g/mol. The van der Waals surface area contributed by atoms with Crippen LogP contribution in [-0.4, -0.2) is 34.4 Å². The minimum atomic E-state index is 0.189. The summed E-state index contributed by atoms with van der Waals surface area (Å²) in [7, 11) is 0. The van der Waals surface area contributed by atoms with Crippen LogP contribution in [0.25, 0.3) is 11.3 Å². The standard InChI is InChI=1S/C15H17N5O/c16-14-9-6-20(7-10(9)14)12-5-11(18-19-15(12)17)8-3-1-2-4-13(8)21/h1-5,9-10,14,21H,6-7,16H2,(H2,17,19)/t9-,10+,14?. The summed E-state index contributed by atoms with van der Waals surface area (Å²) in [6.45, 7) is 1.84. The van der Waals surface area contributed by atoms with Gasteiger partial charge in [-0.15, -0.1) is 10.2 Å². The van der Waals surface area contributed by atoms with E-state index in [2.05, 4.69) is 15.1 Å². The van der Waals surface area contributed by atoms with Gasteiger partial charge < -0.3 is 21.5 Å². The second kappa shape index (κ2) is 4.33. The molecule has 0 spiro atoms. The molecule has 3 atom stereocenters. The van der Waals surface area contributed by atoms with Crippen LogP contribution in [0.3, 0.4) is 0 Å². The summed E-state index contributed by atoms with van der Waals surface area (Å²) in [5.74, 6) is 1.76. The number of nitrogen functional groups attached to an aromatic ring is 1. The fraction of sp³-hybridized carbons (Fsp3) is 0.333. The maximum absolute atomic E-state index is 9.94. The fourth-order valence-electron chi connectivity index (χ4n) is 3.24. The van der Waals surface area contributed by atoms with Gasteiger partial charge in [-0.2, -0.15) is 0 Å². The molecule has 4 rings (SSSR count). The molecule has 1 aromatic carbocycles. The van der Waals surface area contributed by atoms with Crippen LogP contribution in [0.5, 0.6) is 5.75 Å². The molecule has 5 N–H and O–H groups in total. The van der Waals surface area contributed by atoms with Crippen LogP contribution in [0, 0.1) is 11.8 Å². The number of nitrogens with zero attached hydrogens (tertiary/aromatic N) is 3. The molecule has 0 amide bonds. The number of aromatic nitrogens is 2. The Morgan fingerprint density at radius 2 is 1.86 bits per heavy atom. The summed E-state index contributed by atoms with van der Waals surface area (Å²) < 4.78 is 0. The summed E-state index contributed by atoms with van der Waals surface area (Å²) in [5.41, 5.74) is 14.1. The second-order valence-electron chi connectivity index (χ2n) is 5.83. The van der Waals surface area contributed by atoms with Crippen molar-refractivity contribution >= 4 is 11.5 Å². The van der Waals surface area contributed by atoms with E-state index in [0.717, 1.165) is 18.8 Å². The van der Waals surface area contributed by atoms with Crippen LogP contribution in [0.1, 0.15) is 0 Å². The van der Waals surface area contributed by atoms with E-state index >= 15 is 0 Å². The molecule has 2 heterocycles. The molecule has 1 saturated heterocycles. The van der Waals surface area contributed by atoms with Gasteiger partial charge >= 0.3 is 0 Å². The molecule has 21 heavy (non-hydrogen) atoms. The highest BCUT2D eigenvalue weighted by Gasteiger charge is 2.53. The summed E-state index contributed by atoms with van der Waals surface area (Å²) in [6.07, 6.45) is 0. The lowest BCUT2D eigenvalue weighted by atomic mass is 10.1. The van der Waals surface area contributed by atoms with E-state index < -0.39 is 0 Å². The smallest absolute Gasteiger partial charge is 0.169 e. The fourth-order valence-corrected chi connectivity index (χ4v) is 3.24. The van der Waals surface area contributed by atoms with E-state index in [4.69, 9.17) is 11.5 Å². The first-order valence-corrected chi connectivity index (χ1v) is 7.07. The maximum Gasteiger partial charge on any atom is 0.169 e. The van der Waals surface area contributed by atoms with E-state index in [0.29, 0.717) is 35.0 Å². The van der Waals surface area contributed by atoms with Crippen LogP contribution in [0.4, 0.5) is 11.5 Å². The minimum absolute atomic E-state index is 0.189. The molecule has 1 aliphatic carbocycles. The van der Waals surface area contributed by atoms with Gasteiger partial charge in [0.15, 0.2) is 5.82 Å². The van der Waals surface area contributed by atoms with Crippen molar-refractivity contribution in [3.8, 4) is 17.0 Å². The summed E-state index contributed by atoms with van der Waals surface area (Å²) in [5, 5.41) is 18.1. The molecule has 2 aliphatic rings. The number of phenols is 1. The molecule has 1 aliphatic heterocycles. The maximum atomic E-state index is 9.94. The molecule has 6 heteroatoms. The first kappa shape index (κ1) is 12.4. The highest BCUT2D eigenvalue weighted by atomic mass is 16.3. The van der Waals surface area contributed by atoms with Crippen molar-refractivity contribution in [2.75, 3.05) is 23.7 Å². The summed E-state index contributed by atoms with van der Waals surface area (Å²) in [4.78, 5) is 2.21. The Morgan fingerprint density at radius 1 is 1.14 bits per heavy atom. The molecule has 2 fully saturated rings. The van der Waals surface area contributed by atoms with Crippen LogP contribution in [0.2, 0.25) is 0 Å². The van der Waals surface area contributed by atoms with E-state index in [9.17, 15) is 5.11 Å². The Kier molecular flexibility index (Phi) is 2.56. The summed E-state index contributed by atoms with van der Waals surface area (Å²) in [6, 6.07) is 9.33. The van der Waals surface area contributed by atoms with Gasteiger partial charge in [-0.1, -0.05) is 12.1 Å². The van der Waals surface area contributed by atoms with Gasteiger partial charge in [-0.3, -0.25) is 0 Å². The number of hydrogen-bond donors (Lipinski definition) is 3. The molecule has 6 nitrogen and oxygen atoms in total. The van der Waals surface area contributed by atoms with Gasteiger partial charge in [0.2, 0.25) is 0 Å². The zero-order chi connectivity index (χ0) is 14.6. The van der Waals surface area contributed by atoms with Crippen LogP contribution in [-0.2, 0) is 0 Å². The third-order valence-corrected chi connectivity index (χ3v) is 4.58. The predicted molar refractivity (Wildman–Crippen MR) is 80.7 cm³/mol. The van der Waals surface area contributed by atoms with Crippen LogP contribution < -0.4 is 16.4 Å². The van der Waals surface area contributed by atoms with E-state index in [1.807, 2.05) is 18.2 Å². The molecule has 0 bridgehead atoms.